The van der Waals surface area contributed by atoms with Crippen LogP contribution in [0, 0.1) is 13.8 Å². The van der Waals surface area contributed by atoms with Gasteiger partial charge in [-0.1, -0.05) is 6.07 Å². The molecule has 0 radical (unpaired) electrons. The molecule has 1 aliphatic heterocycles. The van der Waals surface area contributed by atoms with Crippen LogP contribution in [-0.2, 0) is 0 Å². The molecule has 14 heavy (non-hydrogen) atoms. The first-order chi connectivity index (χ1) is 6.68. The Kier molecular flexibility index (Phi) is 2.46. The zero-order valence-electron chi connectivity index (χ0n) is 8.80. The summed E-state index contributed by atoms with van der Waals surface area (Å²) in [7, 11) is 0. The molecule has 0 aromatic heterocycles. The van der Waals surface area contributed by atoms with Crippen LogP contribution >= 0.6 is 0 Å². The van der Waals surface area contributed by atoms with E-state index < -0.39 is 0 Å². The number of hydrogen-bond donors (Lipinski definition) is 2. The average Bonchev–Trinajstić information content (AvgIpc) is 2.64. The maximum absolute atomic E-state index is 9.84. The van der Waals surface area contributed by atoms with E-state index in [1.807, 2.05) is 13.0 Å². The molecule has 0 amide bonds. The standard InChI is InChI=1S/C12H17NO/c1-8-6-10(11-4-3-5-13-11)12(14)7-9(8)2/h6-7,11,13-14H,3-5H2,1-2H3/t11-/m0/s1. The number of benzene rings is 1. The summed E-state index contributed by atoms with van der Waals surface area (Å²) in [4.78, 5) is 0. The van der Waals surface area contributed by atoms with Crippen molar-refractivity contribution in [3.05, 3.63) is 28.8 Å². The number of hydrogen-bond acceptors (Lipinski definition) is 2. The summed E-state index contributed by atoms with van der Waals surface area (Å²) in [5, 5.41) is 13.2. The molecule has 1 atom stereocenters. The number of phenols is 1. The predicted molar refractivity (Wildman–Crippen MR) is 57.6 cm³/mol. The van der Waals surface area contributed by atoms with E-state index in [0.29, 0.717) is 11.8 Å². The van der Waals surface area contributed by atoms with E-state index in [0.717, 1.165) is 24.1 Å². The van der Waals surface area contributed by atoms with Crippen molar-refractivity contribution in [2.45, 2.75) is 32.7 Å². The van der Waals surface area contributed by atoms with Gasteiger partial charge in [0.15, 0.2) is 0 Å². The quantitative estimate of drug-likeness (QED) is 0.714. The lowest BCUT2D eigenvalue weighted by molar-refractivity contribution is 0.456. The Hall–Kier alpha value is -1.02. The Balaban J connectivity index is 2.37. The third-order valence-electron chi connectivity index (χ3n) is 3.08. The fourth-order valence-electron chi connectivity index (χ4n) is 2.05. The first-order valence-corrected chi connectivity index (χ1v) is 5.22. The van der Waals surface area contributed by atoms with Crippen molar-refractivity contribution in [3.63, 3.8) is 0 Å². The van der Waals surface area contributed by atoms with Crippen molar-refractivity contribution in [2.24, 2.45) is 0 Å². The van der Waals surface area contributed by atoms with Crippen LogP contribution in [0.4, 0.5) is 0 Å². The molecule has 0 unspecified atom stereocenters. The highest BCUT2D eigenvalue weighted by Crippen LogP contribution is 2.32. The third kappa shape index (κ3) is 1.62. The maximum atomic E-state index is 9.84. The monoisotopic (exact) mass is 191 g/mol. The zero-order chi connectivity index (χ0) is 10.1. The van der Waals surface area contributed by atoms with Gasteiger partial charge >= 0.3 is 0 Å². The van der Waals surface area contributed by atoms with Gasteiger partial charge in [0.05, 0.1) is 0 Å². The predicted octanol–water partition coefficient (Wildman–Crippen LogP) is 2.43. The lowest BCUT2D eigenvalue weighted by Gasteiger charge is -2.14. The molecular weight excluding hydrogens is 174 g/mol. The van der Waals surface area contributed by atoms with Gasteiger partial charge in [0.2, 0.25) is 0 Å². The minimum atomic E-state index is 0.356. The average molecular weight is 191 g/mol. The van der Waals surface area contributed by atoms with E-state index >= 15 is 0 Å². The summed E-state index contributed by atoms with van der Waals surface area (Å²) < 4.78 is 0. The molecule has 1 aliphatic rings. The van der Waals surface area contributed by atoms with Gasteiger partial charge in [-0.2, -0.15) is 0 Å². The van der Waals surface area contributed by atoms with Crippen molar-refractivity contribution in [2.75, 3.05) is 6.54 Å². The fraction of sp³-hybridized carbons (Fsp3) is 0.500. The molecule has 1 aromatic carbocycles. The van der Waals surface area contributed by atoms with Crippen LogP contribution in [0.5, 0.6) is 5.75 Å². The first-order valence-electron chi connectivity index (χ1n) is 5.22. The van der Waals surface area contributed by atoms with E-state index in [1.165, 1.54) is 12.0 Å². The van der Waals surface area contributed by atoms with E-state index in [4.69, 9.17) is 0 Å². The third-order valence-corrected chi connectivity index (χ3v) is 3.08. The Morgan fingerprint density at radius 1 is 1.29 bits per heavy atom. The summed E-state index contributed by atoms with van der Waals surface area (Å²) >= 11 is 0. The molecule has 1 saturated heterocycles. The molecule has 1 heterocycles. The molecule has 0 saturated carbocycles. The maximum Gasteiger partial charge on any atom is 0.120 e. The van der Waals surface area contributed by atoms with Crippen molar-refractivity contribution in [1.29, 1.82) is 0 Å². The van der Waals surface area contributed by atoms with Crippen LogP contribution < -0.4 is 5.32 Å². The number of aryl methyl sites for hydroxylation is 2. The molecule has 2 N–H and O–H groups in total. The lowest BCUT2D eigenvalue weighted by atomic mass is 9.99. The second kappa shape index (κ2) is 3.62. The van der Waals surface area contributed by atoms with E-state index in [1.54, 1.807) is 0 Å². The van der Waals surface area contributed by atoms with Crippen molar-refractivity contribution in [3.8, 4) is 5.75 Å². The number of rotatable bonds is 1. The Labute approximate surface area is 85.0 Å². The summed E-state index contributed by atoms with van der Waals surface area (Å²) in [5.41, 5.74) is 3.47. The topological polar surface area (TPSA) is 32.3 Å². The molecule has 1 aromatic rings. The van der Waals surface area contributed by atoms with Crippen LogP contribution in [0.25, 0.3) is 0 Å². The minimum absolute atomic E-state index is 0.356. The van der Waals surface area contributed by atoms with Crippen LogP contribution in [0.15, 0.2) is 12.1 Å². The van der Waals surface area contributed by atoms with Crippen molar-refractivity contribution >= 4 is 0 Å². The van der Waals surface area contributed by atoms with E-state index in [9.17, 15) is 5.11 Å². The SMILES string of the molecule is Cc1cc(O)c([C@@H]2CCCN2)cc1C. The highest BCUT2D eigenvalue weighted by atomic mass is 16.3. The molecule has 2 nitrogen and oxygen atoms in total. The Bertz CT molecular complexity index is 340. The molecule has 1 fully saturated rings. The van der Waals surface area contributed by atoms with E-state index in [2.05, 4.69) is 18.3 Å². The molecule has 0 bridgehead atoms. The molecule has 0 spiro atoms. The van der Waals surface area contributed by atoms with Gasteiger partial charge in [0.25, 0.3) is 0 Å². The van der Waals surface area contributed by atoms with Crippen molar-refractivity contribution in [1.82, 2.24) is 5.32 Å². The second-order valence-corrected chi connectivity index (χ2v) is 4.14. The number of nitrogens with one attached hydrogen (secondary N) is 1. The van der Waals surface area contributed by atoms with Gasteiger partial charge in [0.1, 0.15) is 5.75 Å². The normalized spacial score (nSPS) is 21.4. The highest BCUT2D eigenvalue weighted by molar-refractivity contribution is 5.42. The first kappa shape index (κ1) is 9.53. The lowest BCUT2D eigenvalue weighted by Crippen LogP contribution is -2.13. The zero-order valence-corrected chi connectivity index (χ0v) is 8.80. The van der Waals surface area contributed by atoms with Gasteiger partial charge in [0, 0.05) is 11.6 Å². The second-order valence-electron chi connectivity index (χ2n) is 4.14. The fourth-order valence-corrected chi connectivity index (χ4v) is 2.05. The van der Waals surface area contributed by atoms with Crippen LogP contribution in [0.3, 0.4) is 0 Å². The number of phenolic OH excluding ortho intramolecular Hbond substituents is 1. The summed E-state index contributed by atoms with van der Waals surface area (Å²) in [5.74, 6) is 0.438. The minimum Gasteiger partial charge on any atom is -0.508 e. The molecule has 76 valence electrons. The molecule has 2 rings (SSSR count). The molecule has 2 heteroatoms. The van der Waals surface area contributed by atoms with Gasteiger partial charge in [-0.25, -0.2) is 0 Å². The van der Waals surface area contributed by atoms with Gasteiger partial charge < -0.3 is 10.4 Å². The number of aromatic hydroxyl groups is 1. The Morgan fingerprint density at radius 3 is 2.64 bits per heavy atom. The van der Waals surface area contributed by atoms with Gasteiger partial charge in [-0.05, 0) is 50.4 Å². The van der Waals surface area contributed by atoms with Crippen LogP contribution in [-0.4, -0.2) is 11.7 Å². The summed E-state index contributed by atoms with van der Waals surface area (Å²) in [6.45, 7) is 5.19. The van der Waals surface area contributed by atoms with Crippen LogP contribution in [0.1, 0.15) is 35.6 Å². The largest absolute Gasteiger partial charge is 0.508 e. The summed E-state index contributed by atoms with van der Waals surface area (Å²) in [6, 6.07) is 4.33. The van der Waals surface area contributed by atoms with Crippen molar-refractivity contribution < 1.29 is 5.11 Å². The molecular formula is C12H17NO. The molecule has 0 aliphatic carbocycles. The highest BCUT2D eigenvalue weighted by Gasteiger charge is 2.19. The Morgan fingerprint density at radius 2 is 2.00 bits per heavy atom. The van der Waals surface area contributed by atoms with Gasteiger partial charge in [-0.15, -0.1) is 0 Å². The van der Waals surface area contributed by atoms with E-state index in [-0.39, 0.29) is 0 Å². The van der Waals surface area contributed by atoms with Crippen LogP contribution in [0.2, 0.25) is 0 Å². The van der Waals surface area contributed by atoms with Gasteiger partial charge in [-0.3, -0.25) is 0 Å². The summed E-state index contributed by atoms with van der Waals surface area (Å²) in [6.07, 6.45) is 2.34. The smallest absolute Gasteiger partial charge is 0.120 e.